The molecule has 1 saturated heterocycles. The van der Waals surface area contributed by atoms with Gasteiger partial charge in [-0.2, -0.15) is 0 Å². The minimum atomic E-state index is 0.0788. The van der Waals surface area contributed by atoms with Crippen LogP contribution in [0.2, 0.25) is 5.02 Å². The van der Waals surface area contributed by atoms with E-state index < -0.39 is 0 Å². The van der Waals surface area contributed by atoms with Crippen LogP contribution < -0.4 is 0 Å². The number of hydrogen-bond acceptors (Lipinski definition) is 2. The summed E-state index contributed by atoms with van der Waals surface area (Å²) < 4.78 is 0. The molecule has 2 heterocycles. The fourth-order valence-electron chi connectivity index (χ4n) is 4.38. The third-order valence-electron chi connectivity index (χ3n) is 5.85. The van der Waals surface area contributed by atoms with Gasteiger partial charge in [-0.1, -0.05) is 49.1 Å². The van der Waals surface area contributed by atoms with Crippen LogP contribution in [0.4, 0.5) is 0 Å². The normalized spacial score (nSPS) is 21.3. The number of likely N-dealkylation sites (tertiary alicyclic amines) is 1. The van der Waals surface area contributed by atoms with Crippen molar-refractivity contribution >= 4 is 17.5 Å². The van der Waals surface area contributed by atoms with Gasteiger partial charge in [0.25, 0.3) is 0 Å². The van der Waals surface area contributed by atoms with Crippen LogP contribution in [-0.2, 0) is 11.2 Å². The molecular weight excluding hydrogens is 344 g/mol. The van der Waals surface area contributed by atoms with Crippen LogP contribution in [0.5, 0.6) is 0 Å². The van der Waals surface area contributed by atoms with E-state index in [0.717, 1.165) is 41.2 Å². The van der Waals surface area contributed by atoms with E-state index in [1.165, 1.54) is 32.1 Å². The van der Waals surface area contributed by atoms with Crippen molar-refractivity contribution < 1.29 is 4.79 Å². The van der Waals surface area contributed by atoms with Gasteiger partial charge in [0, 0.05) is 35.3 Å². The van der Waals surface area contributed by atoms with Crippen molar-refractivity contribution in [1.29, 1.82) is 0 Å². The molecule has 1 aromatic carbocycles. The summed E-state index contributed by atoms with van der Waals surface area (Å²) in [5.74, 6) is 0.414. The maximum atomic E-state index is 12.9. The Labute approximate surface area is 160 Å². The Hall–Kier alpha value is -1.87. The van der Waals surface area contributed by atoms with Crippen molar-refractivity contribution in [2.75, 3.05) is 6.54 Å². The van der Waals surface area contributed by atoms with Crippen molar-refractivity contribution in [3.63, 3.8) is 0 Å². The maximum Gasteiger partial charge on any atom is 0.226 e. The molecule has 1 aromatic heterocycles. The van der Waals surface area contributed by atoms with Gasteiger partial charge >= 0.3 is 0 Å². The summed E-state index contributed by atoms with van der Waals surface area (Å²) in [7, 11) is 0. The molecule has 1 unspecified atom stereocenters. The molecule has 26 heavy (non-hydrogen) atoms. The van der Waals surface area contributed by atoms with Gasteiger partial charge in [-0.3, -0.25) is 9.78 Å². The molecule has 1 amide bonds. The lowest BCUT2D eigenvalue weighted by atomic mass is 9.94. The van der Waals surface area contributed by atoms with E-state index >= 15 is 0 Å². The molecule has 136 valence electrons. The minimum Gasteiger partial charge on any atom is -0.339 e. The number of carbonyl (C=O) groups excluding carboxylic acids is 1. The number of aromatic nitrogens is 1. The predicted octanol–water partition coefficient (Wildman–Crippen LogP) is 5.13. The number of nitrogens with zero attached hydrogens (tertiary/aromatic N) is 2. The highest BCUT2D eigenvalue weighted by Crippen LogP contribution is 2.32. The van der Waals surface area contributed by atoms with Crippen LogP contribution in [0.1, 0.15) is 44.1 Å². The van der Waals surface area contributed by atoms with Crippen molar-refractivity contribution in [2.24, 2.45) is 5.92 Å². The molecule has 4 heteroatoms. The predicted molar refractivity (Wildman–Crippen MR) is 105 cm³/mol. The first-order valence-corrected chi connectivity index (χ1v) is 10.1. The van der Waals surface area contributed by atoms with Crippen LogP contribution in [0, 0.1) is 5.92 Å². The molecule has 3 nitrogen and oxygen atoms in total. The smallest absolute Gasteiger partial charge is 0.226 e. The van der Waals surface area contributed by atoms with Crippen molar-refractivity contribution in [1.82, 2.24) is 9.88 Å². The zero-order chi connectivity index (χ0) is 17.9. The molecule has 0 radical (unpaired) electrons. The second-order valence-electron chi connectivity index (χ2n) is 7.53. The zero-order valence-corrected chi connectivity index (χ0v) is 15.8. The first-order chi connectivity index (χ1) is 12.7. The fourth-order valence-corrected chi connectivity index (χ4v) is 4.64. The molecular formula is C22H25ClN2O. The third kappa shape index (κ3) is 3.64. The maximum absolute atomic E-state index is 12.9. The molecule has 2 fully saturated rings. The summed E-state index contributed by atoms with van der Waals surface area (Å²) in [5.41, 5.74) is 3.00. The van der Waals surface area contributed by atoms with E-state index in [-0.39, 0.29) is 5.92 Å². The summed E-state index contributed by atoms with van der Waals surface area (Å²) in [6.07, 6.45) is 9.68. The lowest BCUT2D eigenvalue weighted by Crippen LogP contribution is -2.39. The van der Waals surface area contributed by atoms with Crippen LogP contribution in [0.3, 0.4) is 0 Å². The summed E-state index contributed by atoms with van der Waals surface area (Å²) in [5, 5.41) is 0.733. The number of pyridine rings is 1. The molecule has 0 bridgehead atoms. The topological polar surface area (TPSA) is 33.2 Å². The first-order valence-electron chi connectivity index (χ1n) is 9.72. The summed E-state index contributed by atoms with van der Waals surface area (Å²) in [6, 6.07) is 12.4. The Balaban J connectivity index is 1.45. The summed E-state index contributed by atoms with van der Waals surface area (Å²) in [4.78, 5) is 19.4. The van der Waals surface area contributed by atoms with Gasteiger partial charge in [-0.15, -0.1) is 0 Å². The Morgan fingerprint density at radius 1 is 1.08 bits per heavy atom. The average molecular weight is 369 g/mol. The molecule has 2 aromatic rings. The van der Waals surface area contributed by atoms with Gasteiger partial charge in [-0.05, 0) is 49.4 Å². The zero-order valence-electron chi connectivity index (χ0n) is 15.0. The molecule has 0 spiro atoms. The molecule has 1 aliphatic heterocycles. The third-order valence-corrected chi connectivity index (χ3v) is 6.20. The molecule has 0 N–H and O–H groups in total. The number of rotatable bonds is 4. The van der Waals surface area contributed by atoms with E-state index in [0.29, 0.717) is 11.9 Å². The van der Waals surface area contributed by atoms with Gasteiger partial charge in [0.2, 0.25) is 5.91 Å². The van der Waals surface area contributed by atoms with Crippen molar-refractivity contribution in [3.05, 3.63) is 53.2 Å². The van der Waals surface area contributed by atoms with Gasteiger partial charge in [0.1, 0.15) is 0 Å². The SMILES string of the molecule is O=C1C(Cc2ccc(-c3ccccn3)cc2Cl)CCN1C1CCCCC1. The fraction of sp³-hybridized carbons (Fsp3) is 0.455. The van der Waals surface area contributed by atoms with E-state index in [2.05, 4.69) is 22.0 Å². The van der Waals surface area contributed by atoms with Gasteiger partial charge in [0.15, 0.2) is 0 Å². The Morgan fingerprint density at radius 3 is 2.65 bits per heavy atom. The van der Waals surface area contributed by atoms with Crippen LogP contribution in [0.25, 0.3) is 11.3 Å². The van der Waals surface area contributed by atoms with Crippen molar-refractivity contribution in [3.8, 4) is 11.3 Å². The van der Waals surface area contributed by atoms with E-state index in [1.54, 1.807) is 6.20 Å². The van der Waals surface area contributed by atoms with Crippen LogP contribution in [0.15, 0.2) is 42.6 Å². The number of halogens is 1. The van der Waals surface area contributed by atoms with Crippen molar-refractivity contribution in [2.45, 2.75) is 51.0 Å². The van der Waals surface area contributed by atoms with Gasteiger partial charge in [-0.25, -0.2) is 0 Å². The van der Waals surface area contributed by atoms with E-state index in [9.17, 15) is 4.79 Å². The van der Waals surface area contributed by atoms with Crippen LogP contribution in [-0.4, -0.2) is 28.4 Å². The highest BCUT2D eigenvalue weighted by Gasteiger charge is 2.36. The monoisotopic (exact) mass is 368 g/mol. The average Bonchev–Trinajstić information content (AvgIpc) is 3.05. The molecule has 4 rings (SSSR count). The molecule has 1 atom stereocenters. The summed E-state index contributed by atoms with van der Waals surface area (Å²) in [6.45, 7) is 0.914. The van der Waals surface area contributed by atoms with E-state index in [1.807, 2.05) is 24.3 Å². The lowest BCUT2D eigenvalue weighted by Gasteiger charge is -2.31. The highest BCUT2D eigenvalue weighted by atomic mass is 35.5. The molecule has 2 aliphatic rings. The second-order valence-corrected chi connectivity index (χ2v) is 7.94. The number of hydrogen-bond donors (Lipinski definition) is 0. The number of carbonyl (C=O) groups is 1. The van der Waals surface area contributed by atoms with E-state index in [4.69, 9.17) is 11.6 Å². The number of amides is 1. The minimum absolute atomic E-state index is 0.0788. The Morgan fingerprint density at radius 2 is 1.92 bits per heavy atom. The largest absolute Gasteiger partial charge is 0.339 e. The summed E-state index contributed by atoms with van der Waals surface area (Å²) >= 11 is 6.54. The number of benzene rings is 1. The Bertz CT molecular complexity index is 771. The van der Waals surface area contributed by atoms with Crippen LogP contribution >= 0.6 is 11.6 Å². The first kappa shape index (κ1) is 17.5. The van der Waals surface area contributed by atoms with Gasteiger partial charge < -0.3 is 4.90 Å². The molecule has 1 aliphatic carbocycles. The standard InChI is InChI=1S/C22H25ClN2O/c23-20-15-17(21-8-4-5-12-24-21)10-9-16(20)14-18-11-13-25(22(18)26)19-6-2-1-3-7-19/h4-5,8-10,12,15,18-19H,1-3,6-7,11,13-14H2. The van der Waals surface area contributed by atoms with Gasteiger partial charge in [0.05, 0.1) is 5.69 Å². The lowest BCUT2D eigenvalue weighted by molar-refractivity contribution is -0.133. The molecule has 1 saturated carbocycles. The Kier molecular flexibility index (Phi) is 5.26. The second kappa shape index (κ2) is 7.79. The highest BCUT2D eigenvalue weighted by molar-refractivity contribution is 6.31. The quantitative estimate of drug-likeness (QED) is 0.749.